The Morgan fingerprint density at radius 1 is 1.17 bits per heavy atom. The summed E-state index contributed by atoms with van der Waals surface area (Å²) in [4.78, 5) is 12.4. The molecule has 0 bridgehead atoms. The van der Waals surface area contributed by atoms with E-state index in [9.17, 15) is 4.79 Å². The van der Waals surface area contributed by atoms with Gasteiger partial charge < -0.3 is 19.5 Å². The Morgan fingerprint density at radius 3 is 2.22 bits per heavy atom. The predicted octanol–water partition coefficient (Wildman–Crippen LogP) is 3.15. The van der Waals surface area contributed by atoms with E-state index in [1.165, 1.54) is 11.8 Å². The number of carbonyl (C=O) groups is 1. The van der Waals surface area contributed by atoms with Gasteiger partial charge in [0.25, 0.3) is 5.91 Å². The van der Waals surface area contributed by atoms with E-state index >= 15 is 0 Å². The van der Waals surface area contributed by atoms with Gasteiger partial charge >= 0.3 is 0 Å². The standard InChI is InChI=1S/C16H17NO4S2/c1-9(14-15(18)17-16(22)23-14)5-6-10-7-11(19-2)13(21-4)12(8-10)20-3/h5-8H,1-4H3,(H,17,18,22). The third-order valence-electron chi connectivity index (χ3n) is 3.19. The Balaban J connectivity index is 2.34. The summed E-state index contributed by atoms with van der Waals surface area (Å²) in [5.74, 6) is 1.53. The van der Waals surface area contributed by atoms with Gasteiger partial charge in [-0.15, -0.1) is 0 Å². The summed E-state index contributed by atoms with van der Waals surface area (Å²) < 4.78 is 16.4. The predicted molar refractivity (Wildman–Crippen MR) is 96.2 cm³/mol. The normalized spacial score (nSPS) is 16.5. The van der Waals surface area contributed by atoms with E-state index in [1.54, 1.807) is 21.3 Å². The van der Waals surface area contributed by atoms with Crippen LogP contribution in [0.1, 0.15) is 12.5 Å². The third-order valence-corrected chi connectivity index (χ3v) is 4.54. The molecular weight excluding hydrogens is 334 g/mol. The van der Waals surface area contributed by atoms with Crippen LogP contribution in [-0.4, -0.2) is 31.6 Å². The summed E-state index contributed by atoms with van der Waals surface area (Å²) in [7, 11) is 4.69. The molecule has 23 heavy (non-hydrogen) atoms. The number of amides is 1. The van der Waals surface area contributed by atoms with Crippen LogP contribution in [0.15, 0.2) is 28.7 Å². The second kappa shape index (κ2) is 7.52. The largest absolute Gasteiger partial charge is 0.493 e. The van der Waals surface area contributed by atoms with Crippen molar-refractivity contribution in [3.05, 3.63) is 34.3 Å². The Bertz CT molecular complexity index is 685. The quantitative estimate of drug-likeness (QED) is 0.650. The van der Waals surface area contributed by atoms with Crippen molar-refractivity contribution in [1.29, 1.82) is 0 Å². The number of thioether (sulfide) groups is 1. The minimum atomic E-state index is -0.160. The van der Waals surface area contributed by atoms with E-state index in [1.807, 2.05) is 31.2 Å². The van der Waals surface area contributed by atoms with Gasteiger partial charge in [-0.05, 0) is 30.2 Å². The molecule has 122 valence electrons. The van der Waals surface area contributed by atoms with Crippen LogP contribution >= 0.6 is 24.0 Å². The first-order valence-corrected chi connectivity index (χ1v) is 7.94. The van der Waals surface area contributed by atoms with Gasteiger partial charge in [-0.2, -0.15) is 0 Å². The maximum atomic E-state index is 11.8. The minimum Gasteiger partial charge on any atom is -0.493 e. The van der Waals surface area contributed by atoms with E-state index in [2.05, 4.69) is 5.32 Å². The van der Waals surface area contributed by atoms with Gasteiger partial charge in [-0.25, -0.2) is 0 Å². The number of allylic oxidation sites excluding steroid dienone is 2. The first-order chi connectivity index (χ1) is 11.0. The summed E-state index contributed by atoms with van der Waals surface area (Å²) in [6.45, 7) is 1.87. The van der Waals surface area contributed by atoms with Crippen LogP contribution in [0.2, 0.25) is 0 Å². The fourth-order valence-corrected chi connectivity index (χ4v) is 3.11. The minimum absolute atomic E-state index is 0.160. The average molecular weight is 351 g/mol. The zero-order valence-electron chi connectivity index (χ0n) is 13.3. The monoisotopic (exact) mass is 351 g/mol. The summed E-state index contributed by atoms with van der Waals surface area (Å²) >= 11 is 6.26. The van der Waals surface area contributed by atoms with Crippen molar-refractivity contribution in [3.8, 4) is 17.2 Å². The number of benzene rings is 1. The molecule has 1 aromatic carbocycles. The lowest BCUT2D eigenvalue weighted by Gasteiger charge is -2.12. The van der Waals surface area contributed by atoms with E-state index in [0.717, 1.165) is 11.1 Å². The van der Waals surface area contributed by atoms with Crippen LogP contribution in [0.4, 0.5) is 0 Å². The number of ether oxygens (including phenoxy) is 3. The van der Waals surface area contributed by atoms with Crippen LogP contribution in [0.5, 0.6) is 17.2 Å². The van der Waals surface area contributed by atoms with Crippen LogP contribution in [0, 0.1) is 0 Å². The van der Waals surface area contributed by atoms with E-state index in [-0.39, 0.29) is 5.91 Å². The molecule has 0 aromatic heterocycles. The molecule has 0 aliphatic carbocycles. The molecule has 1 heterocycles. The molecule has 1 aromatic rings. The summed E-state index contributed by atoms with van der Waals surface area (Å²) in [6, 6.07) is 3.67. The van der Waals surface area contributed by atoms with Crippen LogP contribution in [0.25, 0.3) is 6.08 Å². The van der Waals surface area contributed by atoms with Crippen LogP contribution in [-0.2, 0) is 4.79 Å². The van der Waals surface area contributed by atoms with Crippen molar-refractivity contribution in [3.63, 3.8) is 0 Å². The van der Waals surface area contributed by atoms with E-state index in [0.29, 0.717) is 26.5 Å². The molecular formula is C16H17NO4S2. The fourth-order valence-electron chi connectivity index (χ4n) is 2.07. The van der Waals surface area contributed by atoms with Crippen LogP contribution < -0.4 is 19.5 Å². The molecule has 5 nitrogen and oxygen atoms in total. The Morgan fingerprint density at radius 2 is 1.78 bits per heavy atom. The molecule has 0 radical (unpaired) electrons. The molecule has 0 saturated carbocycles. The molecule has 1 N–H and O–H groups in total. The van der Waals surface area contributed by atoms with Gasteiger partial charge in [0.1, 0.15) is 4.32 Å². The number of carbonyl (C=O) groups excluding carboxylic acids is 1. The van der Waals surface area contributed by atoms with Gasteiger partial charge in [0.2, 0.25) is 5.75 Å². The van der Waals surface area contributed by atoms with Gasteiger partial charge in [-0.3, -0.25) is 4.79 Å². The first kappa shape index (κ1) is 17.4. The highest BCUT2D eigenvalue weighted by molar-refractivity contribution is 8.26. The van der Waals surface area contributed by atoms with Crippen molar-refractivity contribution >= 4 is 40.3 Å². The van der Waals surface area contributed by atoms with Crippen molar-refractivity contribution in [2.45, 2.75) is 6.92 Å². The molecule has 1 aliphatic heterocycles. The van der Waals surface area contributed by atoms with Crippen molar-refractivity contribution in [2.75, 3.05) is 21.3 Å². The lowest BCUT2D eigenvalue weighted by atomic mass is 10.1. The second-order valence-electron chi connectivity index (χ2n) is 4.65. The molecule has 1 aliphatic rings. The lowest BCUT2D eigenvalue weighted by molar-refractivity contribution is -0.115. The molecule has 0 unspecified atom stereocenters. The van der Waals surface area contributed by atoms with Crippen molar-refractivity contribution in [1.82, 2.24) is 5.32 Å². The van der Waals surface area contributed by atoms with E-state index < -0.39 is 0 Å². The van der Waals surface area contributed by atoms with Crippen LogP contribution in [0.3, 0.4) is 0 Å². The van der Waals surface area contributed by atoms with Gasteiger partial charge in [0.15, 0.2) is 11.5 Å². The number of nitrogens with one attached hydrogen (secondary N) is 1. The third kappa shape index (κ3) is 3.86. The average Bonchev–Trinajstić information content (AvgIpc) is 2.89. The molecule has 0 spiro atoms. The lowest BCUT2D eigenvalue weighted by Crippen LogP contribution is -2.18. The van der Waals surface area contributed by atoms with Gasteiger partial charge in [0.05, 0.1) is 26.2 Å². The molecule has 2 rings (SSSR count). The molecule has 1 saturated heterocycles. The fraction of sp³-hybridized carbons (Fsp3) is 0.250. The zero-order valence-corrected chi connectivity index (χ0v) is 14.9. The number of hydrogen-bond acceptors (Lipinski definition) is 6. The zero-order chi connectivity index (χ0) is 17.0. The van der Waals surface area contributed by atoms with Crippen molar-refractivity contribution in [2.24, 2.45) is 0 Å². The molecule has 1 fully saturated rings. The number of rotatable bonds is 5. The Labute approximate surface area is 144 Å². The Hall–Kier alpha value is -1.99. The topological polar surface area (TPSA) is 56.8 Å². The first-order valence-electron chi connectivity index (χ1n) is 6.72. The summed E-state index contributed by atoms with van der Waals surface area (Å²) in [5.41, 5.74) is 1.70. The number of hydrogen-bond donors (Lipinski definition) is 1. The van der Waals surface area contributed by atoms with Gasteiger partial charge in [0, 0.05) is 0 Å². The maximum absolute atomic E-state index is 11.8. The molecule has 1 amide bonds. The smallest absolute Gasteiger partial charge is 0.263 e. The highest BCUT2D eigenvalue weighted by atomic mass is 32.2. The van der Waals surface area contributed by atoms with Crippen molar-refractivity contribution < 1.29 is 19.0 Å². The molecule has 7 heteroatoms. The molecule has 0 atom stereocenters. The highest BCUT2D eigenvalue weighted by Gasteiger charge is 2.23. The summed E-state index contributed by atoms with van der Waals surface area (Å²) in [6.07, 6.45) is 3.73. The highest BCUT2D eigenvalue weighted by Crippen LogP contribution is 2.38. The SMILES string of the molecule is COc1cc(C=CC(C)=C2SC(=S)NC2=O)cc(OC)c1OC. The van der Waals surface area contributed by atoms with Gasteiger partial charge in [-0.1, -0.05) is 36.1 Å². The summed E-state index contributed by atoms with van der Waals surface area (Å²) in [5, 5.41) is 2.60. The maximum Gasteiger partial charge on any atom is 0.263 e. The Kier molecular flexibility index (Phi) is 5.68. The second-order valence-corrected chi connectivity index (χ2v) is 6.34. The van der Waals surface area contributed by atoms with E-state index in [4.69, 9.17) is 26.4 Å². The number of methoxy groups -OCH3 is 3. The number of thiocarbonyl (C=S) groups is 1.